The molecular formula is C28H34N4O8S. The number of aromatic nitrogens is 1. The summed E-state index contributed by atoms with van der Waals surface area (Å²) >= 11 is 0. The van der Waals surface area contributed by atoms with Gasteiger partial charge in [0.2, 0.25) is 21.8 Å². The van der Waals surface area contributed by atoms with Gasteiger partial charge in [0.05, 0.1) is 11.8 Å². The van der Waals surface area contributed by atoms with Crippen molar-refractivity contribution >= 4 is 38.7 Å². The molecule has 220 valence electrons. The summed E-state index contributed by atoms with van der Waals surface area (Å²) in [7, 11) is -3.84. The molecule has 0 bridgehead atoms. The molecule has 4 atom stereocenters. The van der Waals surface area contributed by atoms with E-state index in [9.17, 15) is 27.9 Å². The Morgan fingerprint density at radius 2 is 1.93 bits per heavy atom. The zero-order valence-electron chi connectivity index (χ0n) is 23.1. The van der Waals surface area contributed by atoms with Crippen LogP contribution in [0.15, 0.2) is 43.1 Å². The highest BCUT2D eigenvalue weighted by atomic mass is 32.2. The Kier molecular flexibility index (Phi) is 7.13. The highest BCUT2D eigenvalue weighted by Gasteiger charge is 2.62. The molecule has 0 radical (unpaired) electrons. The van der Waals surface area contributed by atoms with Crippen molar-refractivity contribution in [2.75, 3.05) is 6.54 Å². The third-order valence-electron chi connectivity index (χ3n) is 7.47. The van der Waals surface area contributed by atoms with Crippen LogP contribution >= 0.6 is 0 Å². The second-order valence-corrected chi connectivity index (χ2v) is 13.8. The number of fused-ring (bicyclic) bond motifs is 1. The number of rotatable bonds is 8. The van der Waals surface area contributed by atoms with Gasteiger partial charge in [-0.3, -0.25) is 19.2 Å². The number of hydrogen-bond donors (Lipinski definition) is 3. The summed E-state index contributed by atoms with van der Waals surface area (Å²) in [6.45, 7) is 8.81. The molecule has 1 aromatic heterocycles. The summed E-state index contributed by atoms with van der Waals surface area (Å²) in [6.07, 6.45) is 2.76. The molecule has 2 aromatic rings. The molecule has 3 amide bonds. The van der Waals surface area contributed by atoms with E-state index >= 15 is 0 Å². The predicted molar refractivity (Wildman–Crippen MR) is 148 cm³/mol. The van der Waals surface area contributed by atoms with Crippen molar-refractivity contribution in [2.45, 2.75) is 75.0 Å². The van der Waals surface area contributed by atoms with E-state index in [0.717, 1.165) is 0 Å². The van der Waals surface area contributed by atoms with E-state index in [1.54, 1.807) is 45.0 Å². The number of sulfonamides is 1. The first kappa shape index (κ1) is 28.7. The molecule has 2 heterocycles. The maximum atomic E-state index is 13.7. The van der Waals surface area contributed by atoms with E-state index in [1.807, 2.05) is 0 Å². The van der Waals surface area contributed by atoms with Gasteiger partial charge < -0.3 is 19.9 Å². The molecule has 12 nitrogen and oxygen atoms in total. The van der Waals surface area contributed by atoms with E-state index in [-0.39, 0.29) is 31.0 Å². The van der Waals surface area contributed by atoms with E-state index in [1.165, 1.54) is 17.2 Å². The van der Waals surface area contributed by atoms with Crippen molar-refractivity contribution in [1.82, 2.24) is 19.9 Å². The van der Waals surface area contributed by atoms with Crippen molar-refractivity contribution in [3.63, 3.8) is 0 Å². The zero-order chi connectivity index (χ0) is 29.7. The van der Waals surface area contributed by atoms with Crippen molar-refractivity contribution in [2.24, 2.45) is 5.92 Å². The van der Waals surface area contributed by atoms with Crippen molar-refractivity contribution in [3.8, 4) is 11.6 Å². The molecule has 13 heteroatoms. The molecule has 3 fully saturated rings. The number of benzene rings is 1. The average Bonchev–Trinajstić information content (AvgIpc) is 3.80. The number of carbonyl (C=O) groups excluding carboxylic acids is 3. The number of hydrogen-bond acceptors (Lipinski definition) is 9. The fourth-order valence-electron chi connectivity index (χ4n) is 5.09. The van der Waals surface area contributed by atoms with Gasteiger partial charge in [0.25, 0.3) is 5.91 Å². The summed E-state index contributed by atoms with van der Waals surface area (Å²) in [5.74, 6) is -1.66. The molecule has 2 saturated carbocycles. The minimum atomic E-state index is -3.84. The van der Waals surface area contributed by atoms with Crippen LogP contribution in [-0.2, 0) is 24.3 Å². The lowest BCUT2D eigenvalue weighted by atomic mass is 10.1. The third-order valence-corrected chi connectivity index (χ3v) is 9.29. The molecular weight excluding hydrogens is 552 g/mol. The number of aromatic hydroxyl groups is 1. The molecule has 41 heavy (non-hydrogen) atoms. The number of carbonyl (C=O) groups is 3. The molecule has 1 aliphatic heterocycles. The molecule has 5 rings (SSSR count). The maximum absolute atomic E-state index is 13.7. The van der Waals surface area contributed by atoms with Crippen LogP contribution in [0.4, 0.5) is 4.79 Å². The fourth-order valence-corrected chi connectivity index (χ4v) is 6.45. The Morgan fingerprint density at radius 3 is 2.56 bits per heavy atom. The monoisotopic (exact) mass is 586 g/mol. The van der Waals surface area contributed by atoms with Crippen LogP contribution in [0.3, 0.4) is 0 Å². The van der Waals surface area contributed by atoms with E-state index < -0.39 is 62.4 Å². The van der Waals surface area contributed by atoms with Crippen LogP contribution in [-0.4, -0.2) is 76.4 Å². The normalized spacial score (nSPS) is 25.8. The second kappa shape index (κ2) is 10.2. The van der Waals surface area contributed by atoms with Gasteiger partial charge in [-0.05, 0) is 58.2 Å². The van der Waals surface area contributed by atoms with Gasteiger partial charge in [-0.2, -0.15) is 0 Å². The van der Waals surface area contributed by atoms with Crippen molar-refractivity contribution in [1.29, 1.82) is 0 Å². The van der Waals surface area contributed by atoms with Crippen molar-refractivity contribution < 1.29 is 37.4 Å². The smallest absolute Gasteiger partial charge is 0.411 e. The lowest BCUT2D eigenvalue weighted by Gasteiger charge is -2.29. The summed E-state index contributed by atoms with van der Waals surface area (Å²) in [4.78, 5) is 45.5. The molecule has 0 spiro atoms. The Hall–Kier alpha value is -3.87. The van der Waals surface area contributed by atoms with Crippen molar-refractivity contribution in [3.05, 3.63) is 43.1 Å². The highest BCUT2D eigenvalue weighted by Crippen LogP contribution is 2.45. The van der Waals surface area contributed by atoms with Gasteiger partial charge >= 0.3 is 6.09 Å². The molecule has 2 aliphatic carbocycles. The van der Waals surface area contributed by atoms with Gasteiger partial charge in [0.1, 0.15) is 29.0 Å². The van der Waals surface area contributed by atoms with Gasteiger partial charge in [-0.15, -0.1) is 6.58 Å². The molecule has 3 aliphatic rings. The molecule has 3 N–H and O–H groups in total. The molecule has 0 unspecified atom stereocenters. The van der Waals surface area contributed by atoms with Gasteiger partial charge in [0.15, 0.2) is 0 Å². The topological polar surface area (TPSA) is 164 Å². The summed E-state index contributed by atoms with van der Waals surface area (Å²) in [5, 5.41) is 13.4. The van der Waals surface area contributed by atoms with Crippen LogP contribution < -0.4 is 14.8 Å². The van der Waals surface area contributed by atoms with Crippen LogP contribution in [0.5, 0.6) is 11.6 Å². The van der Waals surface area contributed by atoms with Crippen LogP contribution in [0.1, 0.15) is 46.5 Å². The quantitative estimate of drug-likeness (QED) is 0.394. The first-order chi connectivity index (χ1) is 19.2. The third kappa shape index (κ3) is 5.81. The Balaban J connectivity index is 1.38. The lowest BCUT2D eigenvalue weighted by Crippen LogP contribution is -2.56. The number of amides is 3. The number of likely N-dealkylation sites (tertiary alicyclic amines) is 1. The SMILES string of the molecule is C=C[C@@H]1C[C@]1(NC(=O)[C@@H]1C[C@@H](Oc2nccc3c(O)cccc23)CN1C(=O)OC(C)(C)C)C(=O)NS(=O)(=O)C1CC1. The number of nitrogens with zero attached hydrogens (tertiary/aromatic N) is 2. The summed E-state index contributed by atoms with van der Waals surface area (Å²) in [5.41, 5.74) is -2.33. The largest absolute Gasteiger partial charge is 0.507 e. The van der Waals surface area contributed by atoms with Gasteiger partial charge in [-0.1, -0.05) is 12.1 Å². The number of pyridine rings is 1. The Bertz CT molecular complexity index is 1520. The molecule has 1 aromatic carbocycles. The standard InChI is InChI=1S/C28H34N4O8S/c1-5-16-14-28(16,25(35)31-41(37,38)18-9-10-18)30-23(34)21-13-17(15-32(21)26(36)40-27(2,3)4)39-24-20-7-6-8-22(33)19(20)11-12-29-24/h5-8,11-12,16-18,21,33H,1,9-10,13-15H2,2-4H3,(H,30,34)(H,31,35)/t16-,17-,21+,28-/m1/s1. The maximum Gasteiger partial charge on any atom is 0.411 e. The number of phenolic OH excluding ortho intramolecular Hbond substituents is 1. The zero-order valence-corrected chi connectivity index (χ0v) is 23.9. The predicted octanol–water partition coefficient (Wildman–Crippen LogP) is 2.37. The Morgan fingerprint density at radius 1 is 1.20 bits per heavy atom. The fraction of sp³-hybridized carbons (Fsp3) is 0.500. The number of nitrogens with one attached hydrogen (secondary N) is 2. The van der Waals surface area contributed by atoms with Crippen LogP contribution in [0, 0.1) is 5.92 Å². The average molecular weight is 587 g/mol. The summed E-state index contributed by atoms with van der Waals surface area (Å²) in [6, 6.07) is 5.51. The van der Waals surface area contributed by atoms with E-state index in [2.05, 4.69) is 21.6 Å². The van der Waals surface area contributed by atoms with Gasteiger partial charge in [0, 0.05) is 29.3 Å². The first-order valence-electron chi connectivity index (χ1n) is 13.5. The summed E-state index contributed by atoms with van der Waals surface area (Å²) < 4.78 is 38.7. The van der Waals surface area contributed by atoms with Gasteiger partial charge in [-0.25, -0.2) is 18.2 Å². The van der Waals surface area contributed by atoms with Crippen LogP contribution in [0.2, 0.25) is 0 Å². The lowest BCUT2D eigenvalue weighted by molar-refractivity contribution is -0.131. The van der Waals surface area contributed by atoms with E-state index in [0.29, 0.717) is 23.6 Å². The number of phenols is 1. The van der Waals surface area contributed by atoms with E-state index in [4.69, 9.17) is 9.47 Å². The molecule has 1 saturated heterocycles. The van der Waals surface area contributed by atoms with Crippen LogP contribution in [0.25, 0.3) is 10.8 Å². The highest BCUT2D eigenvalue weighted by molar-refractivity contribution is 7.91. The first-order valence-corrected chi connectivity index (χ1v) is 15.0. The number of ether oxygens (including phenoxy) is 2. The Labute approximate surface area is 238 Å². The second-order valence-electron chi connectivity index (χ2n) is 11.8. The minimum absolute atomic E-state index is 0.00989. The minimum Gasteiger partial charge on any atom is -0.507 e.